The van der Waals surface area contributed by atoms with Gasteiger partial charge in [0.2, 0.25) is 5.91 Å². The number of rotatable bonds is 3. The third-order valence-corrected chi connectivity index (χ3v) is 4.74. The Hall–Kier alpha value is -3.68. The molecular formula is C18H14F3N7O. The second-order valence-corrected chi connectivity index (χ2v) is 6.69. The third kappa shape index (κ3) is 2.93. The third-order valence-electron chi connectivity index (χ3n) is 4.74. The van der Waals surface area contributed by atoms with Crippen molar-refractivity contribution in [2.45, 2.75) is 31.5 Å². The number of hydrogen-bond acceptors (Lipinski definition) is 6. The minimum atomic E-state index is -4.34. The number of halogens is 3. The van der Waals surface area contributed by atoms with Crippen LogP contribution in [0.1, 0.15) is 18.9 Å². The predicted octanol–water partition coefficient (Wildman–Crippen LogP) is 2.27. The minimum absolute atomic E-state index is 0.00863. The van der Waals surface area contributed by atoms with Gasteiger partial charge in [0.25, 0.3) is 0 Å². The lowest BCUT2D eigenvalue weighted by atomic mass is 9.86. The quantitative estimate of drug-likeness (QED) is 0.652. The van der Waals surface area contributed by atoms with Gasteiger partial charge in [-0.05, 0) is 19.1 Å². The molecule has 1 aliphatic heterocycles. The topological polar surface area (TPSA) is 112 Å². The molecule has 0 spiro atoms. The molecule has 0 saturated carbocycles. The first-order valence-corrected chi connectivity index (χ1v) is 8.50. The highest BCUT2D eigenvalue weighted by molar-refractivity contribution is 6.09. The molecule has 4 rings (SSSR count). The number of terminal acetylenes is 1. The van der Waals surface area contributed by atoms with Gasteiger partial charge in [0.05, 0.1) is 23.9 Å². The van der Waals surface area contributed by atoms with Gasteiger partial charge in [-0.3, -0.25) is 4.79 Å². The maximum absolute atomic E-state index is 12.7. The average molecular weight is 401 g/mol. The van der Waals surface area contributed by atoms with E-state index >= 15 is 0 Å². The highest BCUT2D eigenvalue weighted by Crippen LogP contribution is 2.40. The van der Waals surface area contributed by atoms with E-state index in [4.69, 9.17) is 12.2 Å². The lowest BCUT2D eigenvalue weighted by Gasteiger charge is -2.15. The van der Waals surface area contributed by atoms with Crippen molar-refractivity contribution in [1.82, 2.24) is 24.7 Å². The summed E-state index contributed by atoms with van der Waals surface area (Å²) in [6.45, 7) is 1.11. The number of nitrogens with two attached hydrogens (primary N) is 1. The van der Waals surface area contributed by atoms with Crippen LogP contribution in [0.5, 0.6) is 0 Å². The number of alkyl halides is 3. The van der Waals surface area contributed by atoms with Crippen LogP contribution >= 0.6 is 0 Å². The van der Waals surface area contributed by atoms with Crippen LogP contribution in [0, 0.1) is 12.3 Å². The normalized spacial score (nSPS) is 18.5. The van der Waals surface area contributed by atoms with Crippen molar-refractivity contribution >= 4 is 28.6 Å². The first kappa shape index (κ1) is 18.7. The molecule has 148 valence electrons. The summed E-state index contributed by atoms with van der Waals surface area (Å²) in [5.74, 6) is 2.13. The van der Waals surface area contributed by atoms with E-state index in [0.717, 1.165) is 4.68 Å². The zero-order valence-corrected chi connectivity index (χ0v) is 15.1. The summed E-state index contributed by atoms with van der Waals surface area (Å²) in [4.78, 5) is 24.9. The molecule has 0 fully saturated rings. The van der Waals surface area contributed by atoms with Gasteiger partial charge in [-0.25, -0.2) is 19.6 Å². The van der Waals surface area contributed by atoms with Crippen molar-refractivity contribution in [3.8, 4) is 23.9 Å². The van der Waals surface area contributed by atoms with Gasteiger partial charge in [-0.1, -0.05) is 5.92 Å². The van der Waals surface area contributed by atoms with Gasteiger partial charge < -0.3 is 11.1 Å². The Kier molecular flexibility index (Phi) is 3.97. The monoisotopic (exact) mass is 401 g/mol. The molecular weight excluding hydrogens is 387 g/mol. The van der Waals surface area contributed by atoms with Gasteiger partial charge in [-0.15, -0.1) is 6.42 Å². The van der Waals surface area contributed by atoms with Crippen LogP contribution in [0.4, 0.5) is 24.8 Å². The van der Waals surface area contributed by atoms with Crippen LogP contribution in [0.15, 0.2) is 18.3 Å². The van der Waals surface area contributed by atoms with Crippen molar-refractivity contribution < 1.29 is 18.0 Å². The number of pyridine rings is 1. The maximum atomic E-state index is 12.7. The Labute approximate surface area is 162 Å². The van der Waals surface area contributed by atoms with Crippen molar-refractivity contribution in [3.63, 3.8) is 0 Å². The maximum Gasteiger partial charge on any atom is 0.390 e. The Morgan fingerprint density at radius 1 is 1.38 bits per heavy atom. The smallest absolute Gasteiger partial charge is 0.383 e. The van der Waals surface area contributed by atoms with E-state index < -0.39 is 30.5 Å². The molecule has 29 heavy (non-hydrogen) atoms. The average Bonchev–Trinajstić information content (AvgIpc) is 3.15. The summed E-state index contributed by atoms with van der Waals surface area (Å²) in [6, 6.07) is 3.27. The van der Waals surface area contributed by atoms with E-state index in [2.05, 4.69) is 31.3 Å². The molecule has 0 saturated heterocycles. The molecule has 1 amide bonds. The van der Waals surface area contributed by atoms with Crippen LogP contribution in [0.3, 0.4) is 0 Å². The predicted molar refractivity (Wildman–Crippen MR) is 98.5 cm³/mol. The molecule has 0 aromatic carbocycles. The van der Waals surface area contributed by atoms with E-state index in [1.807, 2.05) is 0 Å². The molecule has 0 bridgehead atoms. The summed E-state index contributed by atoms with van der Waals surface area (Å²) in [7, 11) is 0. The molecule has 1 unspecified atom stereocenters. The number of carbonyl (C=O) groups excluding carboxylic acids is 1. The number of hydrogen-bond donors (Lipinski definition) is 2. The Bertz CT molecular complexity index is 1190. The molecule has 3 aromatic rings. The number of aromatic nitrogens is 5. The zero-order valence-electron chi connectivity index (χ0n) is 15.1. The van der Waals surface area contributed by atoms with Crippen LogP contribution in [-0.2, 0) is 16.8 Å². The Morgan fingerprint density at radius 3 is 2.83 bits per heavy atom. The minimum Gasteiger partial charge on any atom is -0.383 e. The van der Waals surface area contributed by atoms with Crippen LogP contribution in [0.25, 0.3) is 22.6 Å². The number of aryl methyl sites for hydroxylation is 1. The van der Waals surface area contributed by atoms with Gasteiger partial charge in [0.15, 0.2) is 11.5 Å². The number of anilines is 2. The molecule has 3 aromatic heterocycles. The standard InChI is InChI=1S/C18H14F3N7O/c1-3-17(2)10-12(22)24-14(25-13(10)26-16(17)29)11-9-5-4-7-23-15(9)28(27-11)8-6-18(19,20)21/h1,4-5,7H,6,8H2,2H3,(H3,22,24,25,26,29). The van der Waals surface area contributed by atoms with Crippen molar-refractivity contribution in [1.29, 1.82) is 0 Å². The van der Waals surface area contributed by atoms with E-state index in [0.29, 0.717) is 5.39 Å². The number of nitrogen functional groups attached to an aromatic ring is 1. The van der Waals surface area contributed by atoms with Gasteiger partial charge >= 0.3 is 6.18 Å². The molecule has 1 aliphatic rings. The number of amides is 1. The summed E-state index contributed by atoms with van der Waals surface area (Å²) >= 11 is 0. The zero-order chi connectivity index (χ0) is 21.0. The number of nitrogens with zero attached hydrogens (tertiary/aromatic N) is 5. The second kappa shape index (κ2) is 6.16. The molecule has 8 nitrogen and oxygen atoms in total. The van der Waals surface area contributed by atoms with Crippen LogP contribution in [0.2, 0.25) is 0 Å². The fourth-order valence-electron chi connectivity index (χ4n) is 3.21. The summed E-state index contributed by atoms with van der Waals surface area (Å²) in [5.41, 5.74) is 5.48. The lowest BCUT2D eigenvalue weighted by Crippen LogP contribution is -2.29. The van der Waals surface area contributed by atoms with Crippen molar-refractivity contribution in [2.75, 3.05) is 11.1 Å². The molecule has 0 aliphatic carbocycles. The SMILES string of the molecule is C#CC1(C)C(=O)Nc2nc(-c3nn(CCC(F)(F)F)c4ncccc34)nc(N)c21. The lowest BCUT2D eigenvalue weighted by molar-refractivity contribution is -0.137. The highest BCUT2D eigenvalue weighted by atomic mass is 19.4. The Balaban J connectivity index is 1.85. The molecule has 0 radical (unpaired) electrons. The first-order valence-electron chi connectivity index (χ1n) is 8.50. The molecule has 4 heterocycles. The van der Waals surface area contributed by atoms with Crippen molar-refractivity contribution in [2.24, 2.45) is 0 Å². The van der Waals surface area contributed by atoms with E-state index in [9.17, 15) is 18.0 Å². The molecule has 11 heteroatoms. The van der Waals surface area contributed by atoms with E-state index in [-0.39, 0.29) is 34.4 Å². The van der Waals surface area contributed by atoms with E-state index in [1.165, 1.54) is 13.1 Å². The summed E-state index contributed by atoms with van der Waals surface area (Å²) in [6.07, 6.45) is 1.55. The molecule has 1 atom stereocenters. The van der Waals surface area contributed by atoms with E-state index in [1.54, 1.807) is 12.1 Å². The van der Waals surface area contributed by atoms with Gasteiger partial charge in [0, 0.05) is 6.20 Å². The number of fused-ring (bicyclic) bond motifs is 2. The largest absolute Gasteiger partial charge is 0.390 e. The number of carbonyl (C=O) groups is 1. The van der Waals surface area contributed by atoms with Crippen LogP contribution < -0.4 is 11.1 Å². The summed E-state index contributed by atoms with van der Waals surface area (Å²) < 4.78 is 39.1. The highest BCUT2D eigenvalue weighted by Gasteiger charge is 2.45. The second-order valence-electron chi connectivity index (χ2n) is 6.69. The van der Waals surface area contributed by atoms with Crippen molar-refractivity contribution in [3.05, 3.63) is 23.9 Å². The van der Waals surface area contributed by atoms with Gasteiger partial charge in [0.1, 0.15) is 22.7 Å². The van der Waals surface area contributed by atoms with Gasteiger partial charge in [-0.2, -0.15) is 18.3 Å². The first-order chi connectivity index (χ1) is 13.6. The summed E-state index contributed by atoms with van der Waals surface area (Å²) in [5, 5.41) is 7.26. The Morgan fingerprint density at radius 2 is 2.14 bits per heavy atom. The fraction of sp³-hybridized carbons (Fsp3) is 0.278. The van der Waals surface area contributed by atoms with Crippen LogP contribution in [-0.4, -0.2) is 36.8 Å². The number of nitrogens with one attached hydrogen (secondary N) is 1. The molecule has 3 N–H and O–H groups in total. The fourth-order valence-corrected chi connectivity index (χ4v) is 3.21.